The van der Waals surface area contributed by atoms with Crippen molar-refractivity contribution in [2.75, 3.05) is 19.6 Å². The molecule has 0 aromatic carbocycles. The zero-order valence-electron chi connectivity index (χ0n) is 14.0. The molecule has 0 aromatic rings. The van der Waals surface area contributed by atoms with Crippen LogP contribution < -0.4 is 16.0 Å². The van der Waals surface area contributed by atoms with Crippen LogP contribution in [0.4, 0.5) is 13.6 Å². The number of alkyl carbamates (subject to hydrolysis) is 1. The van der Waals surface area contributed by atoms with Crippen LogP contribution in [-0.4, -0.2) is 49.3 Å². The molecule has 0 saturated carbocycles. The second-order valence-electron chi connectivity index (χ2n) is 7.02. The molecule has 0 spiro atoms. The Bertz CT molecular complexity index is 353. The molecule has 1 rings (SSSR count). The summed E-state index contributed by atoms with van der Waals surface area (Å²) in [6.07, 6.45) is 2.25. The van der Waals surface area contributed by atoms with E-state index < -0.39 is 30.7 Å². The molecule has 0 radical (unpaired) electrons. The van der Waals surface area contributed by atoms with Crippen LogP contribution in [0, 0.1) is 0 Å². The number of amides is 1. The van der Waals surface area contributed by atoms with Crippen LogP contribution in [0.2, 0.25) is 0 Å². The number of alkyl halides is 2. The average molecular weight is 321 g/mol. The van der Waals surface area contributed by atoms with Crippen molar-refractivity contribution in [1.29, 1.82) is 0 Å². The Morgan fingerprint density at radius 1 is 1.36 bits per heavy atom. The van der Waals surface area contributed by atoms with Gasteiger partial charge in [0.25, 0.3) is 5.92 Å². The first-order valence-corrected chi connectivity index (χ1v) is 7.89. The van der Waals surface area contributed by atoms with Crippen LogP contribution in [0.25, 0.3) is 0 Å². The lowest BCUT2D eigenvalue weighted by Gasteiger charge is -2.24. The molecule has 2 unspecified atom stereocenters. The van der Waals surface area contributed by atoms with Crippen LogP contribution in [0.3, 0.4) is 0 Å². The summed E-state index contributed by atoms with van der Waals surface area (Å²) in [5, 5.41) is 8.30. The molecule has 0 aliphatic carbocycles. The fraction of sp³-hybridized carbons (Fsp3) is 0.933. The molecule has 130 valence electrons. The standard InChI is InChI=1S/C15H29F2N3O2/c1-11(8-12-6-5-7-18-12)19-9-15(16,17)10-20-13(21)22-14(2,3)4/h11-12,18-19H,5-10H2,1-4H3,(H,20,21). The number of nitrogens with one attached hydrogen (secondary N) is 3. The Balaban J connectivity index is 2.23. The largest absolute Gasteiger partial charge is 0.444 e. The number of hydrogen-bond donors (Lipinski definition) is 3. The lowest BCUT2D eigenvalue weighted by atomic mass is 10.1. The zero-order chi connectivity index (χ0) is 16.8. The van der Waals surface area contributed by atoms with Gasteiger partial charge in [-0.05, 0) is 53.5 Å². The van der Waals surface area contributed by atoms with E-state index in [2.05, 4.69) is 16.0 Å². The van der Waals surface area contributed by atoms with Crippen molar-refractivity contribution >= 4 is 6.09 Å². The highest BCUT2D eigenvalue weighted by molar-refractivity contribution is 5.67. The van der Waals surface area contributed by atoms with Crippen LogP contribution in [-0.2, 0) is 4.74 Å². The van der Waals surface area contributed by atoms with Gasteiger partial charge in [-0.2, -0.15) is 0 Å². The molecule has 5 nitrogen and oxygen atoms in total. The molecule has 1 heterocycles. The Kier molecular flexibility index (Phi) is 6.99. The Morgan fingerprint density at radius 3 is 2.59 bits per heavy atom. The summed E-state index contributed by atoms with van der Waals surface area (Å²) < 4.78 is 32.4. The lowest BCUT2D eigenvalue weighted by molar-refractivity contribution is -0.00551. The highest BCUT2D eigenvalue weighted by atomic mass is 19.3. The fourth-order valence-electron chi connectivity index (χ4n) is 2.37. The summed E-state index contributed by atoms with van der Waals surface area (Å²) >= 11 is 0. The molecule has 3 N–H and O–H groups in total. The maximum Gasteiger partial charge on any atom is 0.407 e. The molecule has 7 heteroatoms. The van der Waals surface area contributed by atoms with Gasteiger partial charge in [0.05, 0.1) is 13.1 Å². The summed E-state index contributed by atoms with van der Waals surface area (Å²) in [7, 11) is 0. The number of halogens is 2. The first-order valence-electron chi connectivity index (χ1n) is 7.89. The number of carbonyl (C=O) groups is 1. The molecule has 2 atom stereocenters. The van der Waals surface area contributed by atoms with E-state index in [1.54, 1.807) is 20.8 Å². The first kappa shape index (κ1) is 19.1. The van der Waals surface area contributed by atoms with Crippen LogP contribution >= 0.6 is 0 Å². The lowest BCUT2D eigenvalue weighted by Crippen LogP contribution is -2.47. The van der Waals surface area contributed by atoms with E-state index in [1.165, 1.54) is 0 Å². The summed E-state index contributed by atoms with van der Waals surface area (Å²) in [6, 6.07) is 0.416. The van der Waals surface area contributed by atoms with Gasteiger partial charge in [0.15, 0.2) is 0 Å². The molecule has 0 aromatic heterocycles. The second kappa shape index (κ2) is 8.06. The molecular weight excluding hydrogens is 292 g/mol. The van der Waals surface area contributed by atoms with Gasteiger partial charge in [0, 0.05) is 12.1 Å². The van der Waals surface area contributed by atoms with Gasteiger partial charge in [-0.25, -0.2) is 13.6 Å². The summed E-state index contributed by atoms with van der Waals surface area (Å²) in [6.45, 7) is 6.77. The minimum Gasteiger partial charge on any atom is -0.444 e. The zero-order valence-corrected chi connectivity index (χ0v) is 14.0. The summed E-state index contributed by atoms with van der Waals surface area (Å²) in [5.74, 6) is -3.01. The maximum atomic E-state index is 13.7. The smallest absolute Gasteiger partial charge is 0.407 e. The van der Waals surface area contributed by atoms with Crippen molar-refractivity contribution in [3.8, 4) is 0 Å². The fourth-order valence-corrected chi connectivity index (χ4v) is 2.37. The van der Waals surface area contributed by atoms with Crippen molar-refractivity contribution in [3.05, 3.63) is 0 Å². The molecular formula is C15H29F2N3O2. The second-order valence-corrected chi connectivity index (χ2v) is 7.02. The Labute approximate surface area is 131 Å². The molecule has 1 amide bonds. The third-order valence-corrected chi connectivity index (χ3v) is 3.40. The van der Waals surface area contributed by atoms with E-state index >= 15 is 0 Å². The summed E-state index contributed by atoms with van der Waals surface area (Å²) in [4.78, 5) is 11.4. The average Bonchev–Trinajstić information content (AvgIpc) is 2.85. The number of rotatable bonds is 7. The molecule has 1 aliphatic rings. The minimum atomic E-state index is -3.01. The van der Waals surface area contributed by atoms with Gasteiger partial charge in [-0.3, -0.25) is 0 Å². The van der Waals surface area contributed by atoms with Gasteiger partial charge >= 0.3 is 6.09 Å². The van der Waals surface area contributed by atoms with Crippen molar-refractivity contribution in [2.45, 2.75) is 70.6 Å². The van der Waals surface area contributed by atoms with Crippen molar-refractivity contribution < 1.29 is 18.3 Å². The quantitative estimate of drug-likeness (QED) is 0.673. The number of hydrogen-bond acceptors (Lipinski definition) is 4. The first-order chi connectivity index (χ1) is 10.1. The van der Waals surface area contributed by atoms with Crippen LogP contribution in [0.15, 0.2) is 0 Å². The normalized spacial score (nSPS) is 20.7. The van der Waals surface area contributed by atoms with E-state index in [1.807, 2.05) is 6.92 Å². The molecule has 1 aliphatic heterocycles. The summed E-state index contributed by atoms with van der Waals surface area (Å²) in [5.41, 5.74) is -0.694. The third kappa shape index (κ3) is 8.48. The van der Waals surface area contributed by atoms with Gasteiger partial charge in [0.2, 0.25) is 0 Å². The monoisotopic (exact) mass is 321 g/mol. The van der Waals surface area contributed by atoms with Gasteiger partial charge in [0.1, 0.15) is 5.60 Å². The van der Waals surface area contributed by atoms with Gasteiger partial charge in [-0.1, -0.05) is 0 Å². The van der Waals surface area contributed by atoms with Crippen molar-refractivity contribution in [1.82, 2.24) is 16.0 Å². The molecule has 1 fully saturated rings. The van der Waals surface area contributed by atoms with E-state index in [0.717, 1.165) is 25.8 Å². The maximum absolute atomic E-state index is 13.7. The van der Waals surface area contributed by atoms with E-state index in [4.69, 9.17) is 4.74 Å². The number of ether oxygens (including phenoxy) is 1. The Morgan fingerprint density at radius 2 is 2.05 bits per heavy atom. The highest BCUT2D eigenvalue weighted by Gasteiger charge is 2.31. The minimum absolute atomic E-state index is 0.00278. The molecule has 1 saturated heterocycles. The Hall–Kier alpha value is -0.950. The molecule has 0 bridgehead atoms. The third-order valence-electron chi connectivity index (χ3n) is 3.40. The SMILES string of the molecule is CC(CC1CCCN1)NCC(F)(F)CNC(=O)OC(C)(C)C. The van der Waals surface area contributed by atoms with E-state index in [0.29, 0.717) is 6.04 Å². The van der Waals surface area contributed by atoms with Crippen molar-refractivity contribution in [2.24, 2.45) is 0 Å². The molecule has 22 heavy (non-hydrogen) atoms. The van der Waals surface area contributed by atoms with Crippen LogP contribution in [0.1, 0.15) is 47.0 Å². The number of carbonyl (C=O) groups excluding carboxylic acids is 1. The van der Waals surface area contributed by atoms with E-state index in [-0.39, 0.29) is 6.04 Å². The van der Waals surface area contributed by atoms with Gasteiger partial charge in [-0.15, -0.1) is 0 Å². The predicted molar refractivity (Wildman–Crippen MR) is 82.3 cm³/mol. The van der Waals surface area contributed by atoms with Crippen molar-refractivity contribution in [3.63, 3.8) is 0 Å². The highest BCUT2D eigenvalue weighted by Crippen LogP contribution is 2.14. The van der Waals surface area contributed by atoms with Crippen LogP contribution in [0.5, 0.6) is 0 Å². The topological polar surface area (TPSA) is 62.4 Å². The van der Waals surface area contributed by atoms with E-state index in [9.17, 15) is 13.6 Å². The van der Waals surface area contributed by atoms with Gasteiger partial charge < -0.3 is 20.7 Å². The predicted octanol–water partition coefficient (Wildman–Crippen LogP) is 2.27.